The number of nitriles is 1. The van der Waals surface area contributed by atoms with Gasteiger partial charge in [-0.3, -0.25) is 10.1 Å². The van der Waals surface area contributed by atoms with Crippen LogP contribution >= 0.6 is 0 Å². The molecule has 0 saturated heterocycles. The highest BCUT2D eigenvalue weighted by molar-refractivity contribution is 5.67. The fourth-order valence-corrected chi connectivity index (χ4v) is 1.57. The largest absolute Gasteiger partial charge is 0.444 e. The van der Waals surface area contributed by atoms with Crippen molar-refractivity contribution < 1.29 is 14.5 Å². The van der Waals surface area contributed by atoms with Gasteiger partial charge in [-0.25, -0.2) is 4.79 Å². The summed E-state index contributed by atoms with van der Waals surface area (Å²) in [4.78, 5) is 21.6. The molecule has 1 rings (SSSR count). The highest BCUT2D eigenvalue weighted by Crippen LogP contribution is 2.21. The Kier molecular flexibility index (Phi) is 5.69. The number of non-ortho nitro benzene ring substituents is 1. The molecule has 2 N–H and O–H groups in total. The van der Waals surface area contributed by atoms with Crippen molar-refractivity contribution in [3.05, 3.63) is 33.9 Å². The van der Waals surface area contributed by atoms with Crippen LogP contribution in [0.2, 0.25) is 0 Å². The molecule has 0 fully saturated rings. The van der Waals surface area contributed by atoms with Crippen LogP contribution in [0.3, 0.4) is 0 Å². The fourth-order valence-electron chi connectivity index (χ4n) is 1.57. The molecule has 0 aliphatic rings. The number of alkyl carbamates (subject to hydrolysis) is 1. The molecule has 8 nitrogen and oxygen atoms in total. The Morgan fingerprint density at radius 1 is 1.41 bits per heavy atom. The van der Waals surface area contributed by atoms with Crippen LogP contribution in [-0.2, 0) is 4.74 Å². The molecule has 0 unspecified atom stereocenters. The Bertz CT molecular complexity index is 602. The smallest absolute Gasteiger partial charge is 0.407 e. The highest BCUT2D eigenvalue weighted by Gasteiger charge is 2.15. The normalized spacial score (nSPS) is 10.5. The summed E-state index contributed by atoms with van der Waals surface area (Å²) in [5, 5.41) is 25.1. The lowest BCUT2D eigenvalue weighted by Crippen LogP contribution is -2.35. The van der Waals surface area contributed by atoms with Gasteiger partial charge in [-0.15, -0.1) is 0 Å². The number of hydrogen-bond donors (Lipinski definition) is 2. The number of carbonyl (C=O) groups is 1. The predicted octanol–water partition coefficient (Wildman–Crippen LogP) is 2.40. The number of ether oxygens (including phenoxy) is 1. The second-order valence-corrected chi connectivity index (χ2v) is 5.45. The second kappa shape index (κ2) is 7.26. The third-order valence-corrected chi connectivity index (χ3v) is 2.44. The van der Waals surface area contributed by atoms with Gasteiger partial charge in [0.05, 0.1) is 16.2 Å². The topological polar surface area (TPSA) is 117 Å². The number of benzene rings is 1. The Morgan fingerprint density at radius 3 is 2.64 bits per heavy atom. The molecule has 0 radical (unpaired) electrons. The molecule has 0 aliphatic heterocycles. The Hall–Kier alpha value is -2.82. The summed E-state index contributed by atoms with van der Waals surface area (Å²) in [5.74, 6) is 0. The minimum atomic E-state index is -0.578. The average molecular weight is 306 g/mol. The fraction of sp³-hybridized carbons (Fsp3) is 0.429. The summed E-state index contributed by atoms with van der Waals surface area (Å²) < 4.78 is 5.07. The van der Waals surface area contributed by atoms with Crippen molar-refractivity contribution in [2.75, 3.05) is 18.4 Å². The molecule has 1 aromatic carbocycles. The maximum Gasteiger partial charge on any atom is 0.407 e. The maximum absolute atomic E-state index is 11.4. The van der Waals surface area contributed by atoms with Crippen LogP contribution in [0.1, 0.15) is 26.3 Å². The lowest BCUT2D eigenvalue weighted by molar-refractivity contribution is -0.384. The SMILES string of the molecule is CC(C)(C)OC(=O)NCCNc1cc([N+](=O)[O-])ccc1C#N. The number of hydrogen-bond acceptors (Lipinski definition) is 6. The van der Waals surface area contributed by atoms with E-state index >= 15 is 0 Å². The third-order valence-electron chi connectivity index (χ3n) is 2.44. The number of amides is 1. The van der Waals surface area contributed by atoms with Gasteiger partial charge in [0.2, 0.25) is 0 Å². The van der Waals surface area contributed by atoms with Gasteiger partial charge in [0, 0.05) is 25.2 Å². The number of rotatable bonds is 5. The van der Waals surface area contributed by atoms with Crippen LogP contribution in [0.5, 0.6) is 0 Å². The molecular formula is C14H18N4O4. The molecule has 0 bridgehead atoms. The van der Waals surface area contributed by atoms with E-state index in [1.54, 1.807) is 20.8 Å². The van der Waals surface area contributed by atoms with E-state index in [9.17, 15) is 14.9 Å². The first-order valence-corrected chi connectivity index (χ1v) is 6.62. The summed E-state index contributed by atoms with van der Waals surface area (Å²) in [6.07, 6.45) is -0.547. The van der Waals surface area contributed by atoms with E-state index < -0.39 is 16.6 Å². The lowest BCUT2D eigenvalue weighted by atomic mass is 10.1. The molecule has 0 saturated carbocycles. The van der Waals surface area contributed by atoms with Crippen LogP contribution < -0.4 is 10.6 Å². The number of anilines is 1. The Balaban J connectivity index is 2.54. The number of nitrogens with zero attached hydrogens (tertiary/aromatic N) is 2. The summed E-state index contributed by atoms with van der Waals surface area (Å²) in [6, 6.07) is 5.87. The number of nitro benzene ring substituents is 1. The summed E-state index contributed by atoms with van der Waals surface area (Å²) >= 11 is 0. The van der Waals surface area contributed by atoms with Crippen molar-refractivity contribution in [1.82, 2.24) is 5.32 Å². The first kappa shape index (κ1) is 17.2. The molecule has 8 heteroatoms. The molecule has 22 heavy (non-hydrogen) atoms. The van der Waals surface area contributed by atoms with E-state index in [2.05, 4.69) is 10.6 Å². The molecule has 118 valence electrons. The van der Waals surface area contributed by atoms with Crippen molar-refractivity contribution in [2.24, 2.45) is 0 Å². The summed E-state index contributed by atoms with van der Waals surface area (Å²) in [6.45, 7) is 5.82. The monoisotopic (exact) mass is 306 g/mol. The summed E-state index contributed by atoms with van der Waals surface area (Å²) in [7, 11) is 0. The van der Waals surface area contributed by atoms with Gasteiger partial charge in [-0.1, -0.05) is 0 Å². The van der Waals surface area contributed by atoms with E-state index in [1.807, 2.05) is 6.07 Å². The van der Waals surface area contributed by atoms with Gasteiger partial charge >= 0.3 is 6.09 Å². The maximum atomic E-state index is 11.4. The van der Waals surface area contributed by atoms with Crippen molar-refractivity contribution >= 4 is 17.5 Å². The molecule has 1 aromatic rings. The first-order chi connectivity index (χ1) is 10.2. The Morgan fingerprint density at radius 2 is 2.09 bits per heavy atom. The highest BCUT2D eigenvalue weighted by atomic mass is 16.6. The lowest BCUT2D eigenvalue weighted by Gasteiger charge is -2.19. The minimum absolute atomic E-state index is 0.110. The van der Waals surface area contributed by atoms with Crippen LogP contribution in [0.4, 0.5) is 16.2 Å². The zero-order valence-electron chi connectivity index (χ0n) is 12.7. The van der Waals surface area contributed by atoms with Gasteiger partial charge < -0.3 is 15.4 Å². The van der Waals surface area contributed by atoms with Gasteiger partial charge in [-0.2, -0.15) is 5.26 Å². The van der Waals surface area contributed by atoms with Gasteiger partial charge in [0.25, 0.3) is 5.69 Å². The molecule has 0 aliphatic carbocycles. The quantitative estimate of drug-likeness (QED) is 0.490. The average Bonchev–Trinajstić information content (AvgIpc) is 2.41. The van der Waals surface area contributed by atoms with E-state index in [0.717, 1.165) is 0 Å². The van der Waals surface area contributed by atoms with Crippen molar-refractivity contribution in [3.8, 4) is 6.07 Å². The number of carbonyl (C=O) groups excluding carboxylic acids is 1. The second-order valence-electron chi connectivity index (χ2n) is 5.45. The minimum Gasteiger partial charge on any atom is -0.444 e. The first-order valence-electron chi connectivity index (χ1n) is 6.62. The Labute approximate surface area is 128 Å². The van der Waals surface area contributed by atoms with Crippen molar-refractivity contribution in [3.63, 3.8) is 0 Å². The van der Waals surface area contributed by atoms with Gasteiger partial charge in [0.15, 0.2) is 0 Å². The predicted molar refractivity (Wildman–Crippen MR) is 80.5 cm³/mol. The molecule has 1 amide bonds. The van der Waals surface area contributed by atoms with Crippen molar-refractivity contribution in [2.45, 2.75) is 26.4 Å². The van der Waals surface area contributed by atoms with E-state index in [4.69, 9.17) is 10.00 Å². The van der Waals surface area contributed by atoms with Gasteiger partial charge in [0.1, 0.15) is 11.7 Å². The molecule has 0 aromatic heterocycles. The van der Waals surface area contributed by atoms with Gasteiger partial charge in [-0.05, 0) is 26.8 Å². The molecular weight excluding hydrogens is 288 g/mol. The number of nitrogens with one attached hydrogen (secondary N) is 2. The molecule has 0 spiro atoms. The van der Waals surface area contributed by atoms with E-state index in [-0.39, 0.29) is 12.2 Å². The third kappa shape index (κ3) is 5.66. The van der Waals surface area contributed by atoms with Crippen molar-refractivity contribution in [1.29, 1.82) is 5.26 Å². The molecule has 0 heterocycles. The van der Waals surface area contributed by atoms with Crippen LogP contribution in [0, 0.1) is 21.4 Å². The van der Waals surface area contributed by atoms with E-state index in [0.29, 0.717) is 17.8 Å². The number of nitro groups is 1. The molecule has 0 atom stereocenters. The standard InChI is InChI=1S/C14H18N4O4/c1-14(2,3)22-13(19)17-7-6-16-12-8-11(18(20)21)5-4-10(12)9-15/h4-5,8,16H,6-7H2,1-3H3,(H,17,19). The van der Waals surface area contributed by atoms with Crippen LogP contribution in [0.15, 0.2) is 18.2 Å². The van der Waals surface area contributed by atoms with Crippen LogP contribution in [-0.4, -0.2) is 29.7 Å². The zero-order chi connectivity index (χ0) is 16.8. The zero-order valence-corrected chi connectivity index (χ0v) is 12.7. The van der Waals surface area contributed by atoms with Crippen LogP contribution in [0.25, 0.3) is 0 Å². The van der Waals surface area contributed by atoms with E-state index in [1.165, 1.54) is 18.2 Å². The summed E-state index contributed by atoms with van der Waals surface area (Å²) in [5.41, 5.74) is -0.0434.